The Morgan fingerprint density at radius 1 is 1.11 bits per heavy atom. The van der Waals surface area contributed by atoms with E-state index < -0.39 is 0 Å². The van der Waals surface area contributed by atoms with E-state index in [-0.39, 0.29) is 11.7 Å². The third-order valence-electron chi connectivity index (χ3n) is 4.82. The largest absolute Gasteiger partial charge is 0.508 e. The maximum Gasteiger partial charge on any atom is 0.286 e. The lowest BCUT2D eigenvalue weighted by molar-refractivity contribution is -0.917. The maximum atomic E-state index is 12.3. The first kappa shape index (κ1) is 17.8. The molecule has 2 aliphatic rings. The zero-order valence-electron chi connectivity index (χ0n) is 15.0. The Labute approximate surface area is 163 Å². The van der Waals surface area contributed by atoms with E-state index in [0.717, 1.165) is 43.5 Å². The molecule has 1 amide bonds. The molecule has 2 heterocycles. The zero-order chi connectivity index (χ0) is 18.6. The van der Waals surface area contributed by atoms with Crippen LogP contribution in [0.1, 0.15) is 11.1 Å². The third kappa shape index (κ3) is 4.40. The van der Waals surface area contributed by atoms with Gasteiger partial charge >= 0.3 is 0 Å². The van der Waals surface area contributed by atoms with Crippen LogP contribution in [0.15, 0.2) is 64.5 Å². The van der Waals surface area contributed by atoms with Gasteiger partial charge in [-0.3, -0.25) is 4.79 Å². The molecule has 27 heavy (non-hydrogen) atoms. The number of nitrogens with one attached hydrogen (secondary N) is 1. The lowest BCUT2D eigenvalue weighted by Crippen LogP contribution is -3.13. The first-order chi connectivity index (χ1) is 13.2. The molecule has 2 N–H and O–H groups in total. The van der Waals surface area contributed by atoms with E-state index in [1.807, 2.05) is 12.1 Å². The lowest BCUT2D eigenvalue weighted by atomic mass is 10.2. The first-order valence-corrected chi connectivity index (χ1v) is 9.93. The number of carbonyl (C=O) groups is 1. The summed E-state index contributed by atoms with van der Waals surface area (Å²) in [5.74, 6) is -0.00384. The summed E-state index contributed by atoms with van der Waals surface area (Å²) in [5.41, 5.74) is 2.17. The summed E-state index contributed by atoms with van der Waals surface area (Å²) < 4.78 is 0. The molecule has 1 saturated heterocycles. The number of benzene rings is 2. The second kappa shape index (κ2) is 7.98. The van der Waals surface area contributed by atoms with Crippen LogP contribution in [-0.2, 0) is 11.3 Å². The van der Waals surface area contributed by atoms with Crippen LogP contribution < -0.4 is 4.90 Å². The molecule has 0 radical (unpaired) electrons. The van der Waals surface area contributed by atoms with Gasteiger partial charge in [0.25, 0.3) is 5.91 Å². The fraction of sp³-hybridized carbons (Fsp3) is 0.238. The normalized spacial score (nSPS) is 19.6. The number of aliphatic imine (C=N–C) groups is 1. The molecule has 0 aromatic heterocycles. The molecule has 0 bridgehead atoms. The number of amides is 1. The number of rotatable bonds is 3. The van der Waals surface area contributed by atoms with Gasteiger partial charge in [-0.25, -0.2) is 0 Å². The highest BCUT2D eigenvalue weighted by atomic mass is 32.2. The Kier molecular flexibility index (Phi) is 5.27. The van der Waals surface area contributed by atoms with Crippen molar-refractivity contribution in [3.63, 3.8) is 0 Å². The van der Waals surface area contributed by atoms with Crippen molar-refractivity contribution in [2.75, 3.05) is 26.2 Å². The van der Waals surface area contributed by atoms with Crippen molar-refractivity contribution >= 4 is 28.9 Å². The van der Waals surface area contributed by atoms with Crippen molar-refractivity contribution in [3.05, 3.63) is 70.6 Å². The second-order valence-corrected chi connectivity index (χ2v) is 7.81. The Morgan fingerprint density at radius 2 is 1.89 bits per heavy atom. The molecule has 4 rings (SSSR count). The number of phenolic OH excluding ortho intramolecular Hbond substituents is 1. The van der Waals surface area contributed by atoms with Gasteiger partial charge in [0.05, 0.1) is 31.1 Å². The van der Waals surface area contributed by atoms with E-state index in [2.05, 4.69) is 34.2 Å². The highest BCUT2D eigenvalue weighted by Gasteiger charge is 2.29. The Morgan fingerprint density at radius 3 is 2.63 bits per heavy atom. The molecule has 0 unspecified atom stereocenters. The Balaban J connectivity index is 1.35. The van der Waals surface area contributed by atoms with Crippen molar-refractivity contribution in [2.45, 2.75) is 6.54 Å². The maximum absolute atomic E-state index is 12.3. The molecule has 2 aliphatic heterocycles. The number of hydrogen-bond acceptors (Lipinski definition) is 4. The first-order valence-electron chi connectivity index (χ1n) is 9.11. The van der Waals surface area contributed by atoms with E-state index >= 15 is 0 Å². The van der Waals surface area contributed by atoms with Crippen LogP contribution in [0, 0.1) is 0 Å². The highest BCUT2D eigenvalue weighted by molar-refractivity contribution is 8.18. The van der Waals surface area contributed by atoms with Crippen LogP contribution in [-0.4, -0.2) is 47.3 Å². The lowest BCUT2D eigenvalue weighted by Gasteiger charge is -2.32. The van der Waals surface area contributed by atoms with Crippen molar-refractivity contribution in [2.24, 2.45) is 4.99 Å². The van der Waals surface area contributed by atoms with Gasteiger partial charge in [-0.05, 0) is 35.5 Å². The van der Waals surface area contributed by atoms with Crippen LogP contribution in [0.2, 0.25) is 0 Å². The predicted octanol–water partition coefficient (Wildman–Crippen LogP) is 1.76. The average molecular weight is 380 g/mol. The molecule has 0 saturated carbocycles. The van der Waals surface area contributed by atoms with Crippen molar-refractivity contribution in [1.82, 2.24) is 4.90 Å². The summed E-state index contributed by atoms with van der Waals surface area (Å²) in [5, 5.41) is 10.4. The highest BCUT2D eigenvalue weighted by Crippen LogP contribution is 2.30. The number of carbonyl (C=O) groups excluding carboxylic acids is 1. The third-order valence-corrected chi connectivity index (χ3v) is 5.86. The van der Waals surface area contributed by atoms with Gasteiger partial charge < -0.3 is 14.9 Å². The van der Waals surface area contributed by atoms with E-state index in [4.69, 9.17) is 0 Å². The zero-order valence-corrected chi connectivity index (χ0v) is 15.8. The number of quaternary nitrogens is 1. The van der Waals surface area contributed by atoms with Crippen molar-refractivity contribution in [3.8, 4) is 5.75 Å². The molecular formula is C21H22N3O2S+. The molecule has 6 heteroatoms. The number of phenols is 1. The van der Waals surface area contributed by atoms with Crippen LogP contribution in [0.4, 0.5) is 0 Å². The van der Waals surface area contributed by atoms with Gasteiger partial charge in [-0.2, -0.15) is 4.99 Å². The van der Waals surface area contributed by atoms with E-state index in [0.29, 0.717) is 4.91 Å². The molecule has 0 atom stereocenters. The standard InChI is InChI=1S/C21H21N3O2S/c25-18-8-4-7-17(13-18)14-19-20(26)22-21(27-19)24-11-9-23(10-12-24)15-16-5-2-1-3-6-16/h1-8,13-14,25H,9-12,15H2/p+1/b19-14-. The molecule has 0 spiro atoms. The Hall–Kier alpha value is -2.57. The molecule has 0 aliphatic carbocycles. The van der Waals surface area contributed by atoms with Gasteiger partial charge in [-0.1, -0.05) is 42.5 Å². The topological polar surface area (TPSA) is 57.3 Å². The monoisotopic (exact) mass is 380 g/mol. The number of piperazine rings is 1. The number of aromatic hydroxyl groups is 1. The fourth-order valence-corrected chi connectivity index (χ4v) is 4.34. The van der Waals surface area contributed by atoms with E-state index in [1.165, 1.54) is 17.3 Å². The minimum absolute atomic E-state index is 0.193. The van der Waals surface area contributed by atoms with Crippen molar-refractivity contribution < 1.29 is 14.8 Å². The molecule has 1 fully saturated rings. The summed E-state index contributed by atoms with van der Waals surface area (Å²) in [6, 6.07) is 17.5. The number of nitrogens with zero attached hydrogens (tertiary/aromatic N) is 2. The van der Waals surface area contributed by atoms with Crippen LogP contribution in [0.5, 0.6) is 5.75 Å². The van der Waals surface area contributed by atoms with Gasteiger partial charge in [0.2, 0.25) is 0 Å². The van der Waals surface area contributed by atoms with Gasteiger partial charge in [0.15, 0.2) is 5.17 Å². The summed E-state index contributed by atoms with van der Waals surface area (Å²) >= 11 is 1.43. The molecular weight excluding hydrogens is 358 g/mol. The average Bonchev–Trinajstić information content (AvgIpc) is 3.04. The van der Waals surface area contributed by atoms with Gasteiger partial charge in [0, 0.05) is 5.56 Å². The van der Waals surface area contributed by atoms with Gasteiger partial charge in [0.1, 0.15) is 12.3 Å². The number of hydrogen-bond donors (Lipinski definition) is 2. The molecule has 2 aromatic carbocycles. The summed E-state index contributed by atoms with van der Waals surface area (Å²) in [7, 11) is 0. The second-order valence-electron chi connectivity index (χ2n) is 6.80. The smallest absolute Gasteiger partial charge is 0.286 e. The van der Waals surface area contributed by atoms with Gasteiger partial charge in [-0.15, -0.1) is 0 Å². The molecule has 2 aromatic rings. The Bertz CT molecular complexity index is 887. The van der Waals surface area contributed by atoms with E-state index in [9.17, 15) is 9.90 Å². The molecule has 5 nitrogen and oxygen atoms in total. The molecule has 138 valence electrons. The minimum Gasteiger partial charge on any atom is -0.508 e. The van der Waals surface area contributed by atoms with Crippen LogP contribution in [0.3, 0.4) is 0 Å². The SMILES string of the molecule is O=C1N=C(N2CC[NH+](Cc3ccccc3)CC2)S/C1=C\c1cccc(O)c1. The summed E-state index contributed by atoms with van der Waals surface area (Å²) in [4.78, 5) is 20.9. The number of amidine groups is 1. The predicted molar refractivity (Wildman–Crippen MR) is 109 cm³/mol. The number of thioether (sulfide) groups is 1. The fourth-order valence-electron chi connectivity index (χ4n) is 3.37. The van der Waals surface area contributed by atoms with Crippen molar-refractivity contribution in [1.29, 1.82) is 0 Å². The summed E-state index contributed by atoms with van der Waals surface area (Å²) in [6.45, 7) is 4.92. The van der Waals surface area contributed by atoms with Crippen LogP contribution in [0.25, 0.3) is 6.08 Å². The summed E-state index contributed by atoms with van der Waals surface area (Å²) in [6.07, 6.45) is 1.79. The minimum atomic E-state index is -0.197. The van der Waals surface area contributed by atoms with Crippen LogP contribution >= 0.6 is 11.8 Å². The quantitative estimate of drug-likeness (QED) is 0.797. The van der Waals surface area contributed by atoms with E-state index in [1.54, 1.807) is 29.2 Å².